The largest absolute Gasteiger partial charge is 0.391 e. The van der Waals surface area contributed by atoms with Crippen molar-refractivity contribution in [1.82, 2.24) is 10.6 Å². The Hall–Kier alpha value is -0.610. The molecule has 98 valence electrons. The van der Waals surface area contributed by atoms with E-state index in [-0.39, 0.29) is 17.6 Å². The molecule has 4 nitrogen and oxygen atoms in total. The van der Waals surface area contributed by atoms with E-state index in [1.807, 2.05) is 0 Å². The van der Waals surface area contributed by atoms with Gasteiger partial charge in [-0.15, -0.1) is 0 Å². The van der Waals surface area contributed by atoms with Crippen molar-refractivity contribution in [2.45, 2.75) is 57.1 Å². The Morgan fingerprint density at radius 3 is 2.88 bits per heavy atom. The fourth-order valence-corrected chi connectivity index (χ4v) is 2.77. The summed E-state index contributed by atoms with van der Waals surface area (Å²) in [4.78, 5) is 12.2. The van der Waals surface area contributed by atoms with E-state index >= 15 is 0 Å². The highest BCUT2D eigenvalue weighted by atomic mass is 16.3. The molecule has 3 N–H and O–H groups in total. The average Bonchev–Trinajstić information content (AvgIpc) is 3.07. The van der Waals surface area contributed by atoms with Crippen molar-refractivity contribution in [3.8, 4) is 0 Å². The molecular formula is C13H24N2O2. The van der Waals surface area contributed by atoms with Crippen LogP contribution in [0.5, 0.6) is 0 Å². The van der Waals surface area contributed by atoms with Crippen molar-refractivity contribution >= 4 is 5.91 Å². The summed E-state index contributed by atoms with van der Waals surface area (Å²) in [5, 5.41) is 16.0. The van der Waals surface area contributed by atoms with Crippen LogP contribution in [0.4, 0.5) is 0 Å². The minimum Gasteiger partial charge on any atom is -0.391 e. The molecule has 0 aromatic rings. The second-order valence-corrected chi connectivity index (χ2v) is 5.48. The highest BCUT2D eigenvalue weighted by Gasteiger charge is 2.40. The van der Waals surface area contributed by atoms with Crippen LogP contribution in [0, 0.1) is 5.92 Å². The molecule has 2 unspecified atom stereocenters. The van der Waals surface area contributed by atoms with Gasteiger partial charge < -0.3 is 15.7 Å². The predicted molar refractivity (Wildman–Crippen MR) is 66.6 cm³/mol. The number of nitrogens with one attached hydrogen (secondary N) is 2. The third-order valence-corrected chi connectivity index (χ3v) is 3.99. The Morgan fingerprint density at radius 2 is 2.35 bits per heavy atom. The molecule has 0 spiro atoms. The minimum atomic E-state index is -0.363. The van der Waals surface area contributed by atoms with Gasteiger partial charge in [-0.3, -0.25) is 4.79 Å². The van der Waals surface area contributed by atoms with Gasteiger partial charge >= 0.3 is 0 Å². The number of hydrogen-bond acceptors (Lipinski definition) is 3. The van der Waals surface area contributed by atoms with Crippen molar-refractivity contribution in [2.75, 3.05) is 13.1 Å². The Kier molecular flexibility index (Phi) is 4.05. The lowest BCUT2D eigenvalue weighted by atomic mass is 9.91. The van der Waals surface area contributed by atoms with Crippen molar-refractivity contribution in [3.05, 3.63) is 0 Å². The fourth-order valence-electron chi connectivity index (χ4n) is 2.77. The zero-order chi connectivity index (χ0) is 12.3. The third-order valence-electron chi connectivity index (χ3n) is 3.99. The number of aliphatic hydroxyl groups is 1. The van der Waals surface area contributed by atoms with Crippen LogP contribution in [0.3, 0.4) is 0 Å². The van der Waals surface area contributed by atoms with Crippen molar-refractivity contribution in [1.29, 1.82) is 0 Å². The number of amides is 1. The minimum absolute atomic E-state index is 0.0801. The summed E-state index contributed by atoms with van der Waals surface area (Å²) >= 11 is 0. The Balaban J connectivity index is 1.83. The molecule has 0 aromatic carbocycles. The van der Waals surface area contributed by atoms with Gasteiger partial charge in [-0.25, -0.2) is 0 Å². The quantitative estimate of drug-likeness (QED) is 0.643. The molecular weight excluding hydrogens is 216 g/mol. The van der Waals surface area contributed by atoms with E-state index in [1.54, 1.807) is 0 Å². The zero-order valence-electron chi connectivity index (χ0n) is 10.7. The van der Waals surface area contributed by atoms with Gasteiger partial charge in [0.2, 0.25) is 5.91 Å². The lowest BCUT2D eigenvalue weighted by molar-refractivity contribution is -0.128. The standard InChI is InChI=1S/C13H24N2O2/c1-2-6-13(7-3-8-15-13)12(17)14-9-11(16)10-4-5-10/h10-11,15-16H,2-9H2,1H3,(H,14,17). The zero-order valence-corrected chi connectivity index (χ0v) is 10.7. The Labute approximate surface area is 103 Å². The van der Waals surface area contributed by atoms with Gasteiger partial charge in [0.15, 0.2) is 0 Å². The summed E-state index contributed by atoms with van der Waals surface area (Å²) in [5.74, 6) is 0.505. The number of aliphatic hydroxyl groups excluding tert-OH is 1. The lowest BCUT2D eigenvalue weighted by Crippen LogP contribution is -2.54. The molecule has 0 aromatic heterocycles. The first-order chi connectivity index (χ1) is 8.18. The smallest absolute Gasteiger partial charge is 0.240 e. The van der Waals surface area contributed by atoms with Crippen LogP contribution in [0.15, 0.2) is 0 Å². The number of carbonyl (C=O) groups excluding carboxylic acids is 1. The first-order valence-corrected chi connectivity index (χ1v) is 6.89. The van der Waals surface area contributed by atoms with Crippen LogP contribution >= 0.6 is 0 Å². The first kappa shape index (κ1) is 12.8. The van der Waals surface area contributed by atoms with Crippen LogP contribution in [-0.2, 0) is 4.79 Å². The van der Waals surface area contributed by atoms with Gasteiger partial charge in [0.05, 0.1) is 11.6 Å². The van der Waals surface area contributed by atoms with Gasteiger partial charge in [-0.1, -0.05) is 13.3 Å². The molecule has 0 radical (unpaired) electrons. The predicted octanol–water partition coefficient (Wildman–Crippen LogP) is 0.796. The third kappa shape index (κ3) is 2.99. The molecule has 1 aliphatic heterocycles. The monoisotopic (exact) mass is 240 g/mol. The molecule has 1 aliphatic carbocycles. The molecule has 2 aliphatic rings. The summed E-state index contributed by atoms with van der Waals surface area (Å²) in [6.45, 7) is 3.45. The van der Waals surface area contributed by atoms with Crippen LogP contribution in [-0.4, -0.2) is 35.7 Å². The highest BCUT2D eigenvalue weighted by molar-refractivity contribution is 5.86. The molecule has 1 saturated carbocycles. The molecule has 2 atom stereocenters. The average molecular weight is 240 g/mol. The first-order valence-electron chi connectivity index (χ1n) is 6.89. The van der Waals surface area contributed by atoms with Gasteiger partial charge in [-0.05, 0) is 44.6 Å². The maximum absolute atomic E-state index is 12.2. The number of rotatable bonds is 6. The molecule has 2 rings (SSSR count). The van der Waals surface area contributed by atoms with E-state index in [9.17, 15) is 9.90 Å². The van der Waals surface area contributed by atoms with Gasteiger partial charge in [-0.2, -0.15) is 0 Å². The second kappa shape index (κ2) is 5.36. The van der Waals surface area contributed by atoms with Gasteiger partial charge in [0.25, 0.3) is 0 Å². The van der Waals surface area contributed by atoms with Crippen LogP contribution in [0.25, 0.3) is 0 Å². The molecule has 1 heterocycles. The van der Waals surface area contributed by atoms with Gasteiger partial charge in [0.1, 0.15) is 0 Å². The van der Waals surface area contributed by atoms with Crippen LogP contribution < -0.4 is 10.6 Å². The molecule has 2 fully saturated rings. The fraction of sp³-hybridized carbons (Fsp3) is 0.923. The maximum Gasteiger partial charge on any atom is 0.240 e. The topological polar surface area (TPSA) is 61.4 Å². The van der Waals surface area contributed by atoms with Crippen molar-refractivity contribution < 1.29 is 9.90 Å². The number of hydrogen-bond donors (Lipinski definition) is 3. The van der Waals surface area contributed by atoms with E-state index in [0.717, 1.165) is 45.1 Å². The summed E-state index contributed by atoms with van der Waals surface area (Å²) < 4.78 is 0. The number of carbonyl (C=O) groups is 1. The van der Waals surface area contributed by atoms with E-state index in [4.69, 9.17) is 0 Å². The molecule has 17 heavy (non-hydrogen) atoms. The SMILES string of the molecule is CCCC1(C(=O)NCC(O)C2CC2)CCCN1. The summed E-state index contributed by atoms with van der Waals surface area (Å²) in [6, 6.07) is 0. The van der Waals surface area contributed by atoms with E-state index in [1.165, 1.54) is 0 Å². The normalized spacial score (nSPS) is 30.2. The second-order valence-electron chi connectivity index (χ2n) is 5.48. The maximum atomic E-state index is 12.2. The Morgan fingerprint density at radius 1 is 1.59 bits per heavy atom. The molecule has 4 heteroatoms. The van der Waals surface area contributed by atoms with E-state index in [2.05, 4.69) is 17.6 Å². The molecule has 1 amide bonds. The summed E-state index contributed by atoms with van der Waals surface area (Å²) in [7, 11) is 0. The Bertz CT molecular complexity index is 271. The molecule has 0 bridgehead atoms. The lowest BCUT2D eigenvalue weighted by Gasteiger charge is -2.28. The van der Waals surface area contributed by atoms with Crippen molar-refractivity contribution in [2.24, 2.45) is 5.92 Å². The summed E-state index contributed by atoms with van der Waals surface area (Å²) in [6.07, 6.45) is 5.75. The highest BCUT2D eigenvalue weighted by Crippen LogP contribution is 2.32. The van der Waals surface area contributed by atoms with Crippen LogP contribution in [0.1, 0.15) is 45.4 Å². The van der Waals surface area contributed by atoms with Crippen LogP contribution in [0.2, 0.25) is 0 Å². The van der Waals surface area contributed by atoms with E-state index in [0.29, 0.717) is 12.5 Å². The van der Waals surface area contributed by atoms with Gasteiger partial charge in [0, 0.05) is 6.54 Å². The van der Waals surface area contributed by atoms with E-state index < -0.39 is 0 Å². The summed E-state index contributed by atoms with van der Waals surface area (Å²) in [5.41, 5.74) is -0.363. The van der Waals surface area contributed by atoms with Crippen molar-refractivity contribution in [3.63, 3.8) is 0 Å². The molecule has 1 saturated heterocycles.